The van der Waals surface area contributed by atoms with Crippen LogP contribution in [0.3, 0.4) is 0 Å². The second kappa shape index (κ2) is 4.39. The lowest BCUT2D eigenvalue weighted by Crippen LogP contribution is -2.36. The fraction of sp³-hybridized carbons (Fsp3) is 0.333. The molecule has 0 aliphatic carbocycles. The SMILES string of the molecule is Cc1cc(C(=O)NN(C)C)cc(Cl)n1. The fourth-order valence-electron chi connectivity index (χ4n) is 1.03. The van der Waals surface area contributed by atoms with Gasteiger partial charge in [0.1, 0.15) is 5.15 Å². The third-order valence-corrected chi connectivity index (χ3v) is 1.70. The van der Waals surface area contributed by atoms with E-state index in [-0.39, 0.29) is 5.91 Å². The van der Waals surface area contributed by atoms with Gasteiger partial charge in [-0.1, -0.05) is 11.6 Å². The summed E-state index contributed by atoms with van der Waals surface area (Å²) in [7, 11) is 3.49. The molecule has 1 amide bonds. The summed E-state index contributed by atoms with van der Waals surface area (Å²) in [6.45, 7) is 1.79. The third kappa shape index (κ3) is 2.97. The highest BCUT2D eigenvalue weighted by atomic mass is 35.5. The van der Waals surface area contributed by atoms with Gasteiger partial charge in [0.25, 0.3) is 5.91 Å². The number of aromatic nitrogens is 1. The molecule has 0 saturated carbocycles. The highest BCUT2D eigenvalue weighted by Crippen LogP contribution is 2.10. The predicted octanol–water partition coefficient (Wildman–Crippen LogP) is 1.25. The standard InChI is InChI=1S/C9H12ClN3O/c1-6-4-7(5-8(10)11-6)9(14)12-13(2)3/h4-5H,1-3H3,(H,12,14). The summed E-state index contributed by atoms with van der Waals surface area (Å²) in [5, 5.41) is 1.90. The second-order valence-corrected chi connectivity index (χ2v) is 3.54. The molecule has 0 aliphatic heterocycles. The van der Waals surface area contributed by atoms with Crippen LogP contribution >= 0.6 is 11.6 Å². The molecule has 0 aromatic carbocycles. The number of amides is 1. The quantitative estimate of drug-likeness (QED) is 0.594. The summed E-state index contributed by atoms with van der Waals surface area (Å²) in [6.07, 6.45) is 0. The van der Waals surface area contributed by atoms with E-state index in [9.17, 15) is 4.79 Å². The maximum Gasteiger partial charge on any atom is 0.265 e. The first-order valence-electron chi connectivity index (χ1n) is 4.11. The van der Waals surface area contributed by atoms with E-state index in [0.29, 0.717) is 10.7 Å². The summed E-state index contributed by atoms with van der Waals surface area (Å²) in [6, 6.07) is 3.22. The van der Waals surface area contributed by atoms with Crippen LogP contribution < -0.4 is 5.43 Å². The summed E-state index contributed by atoms with van der Waals surface area (Å²) in [5.74, 6) is -0.192. The van der Waals surface area contributed by atoms with Crippen LogP contribution in [0.25, 0.3) is 0 Å². The summed E-state index contributed by atoms with van der Waals surface area (Å²) in [5.41, 5.74) is 3.86. The number of halogens is 1. The van der Waals surface area contributed by atoms with Gasteiger partial charge in [0.15, 0.2) is 0 Å². The zero-order chi connectivity index (χ0) is 10.7. The topological polar surface area (TPSA) is 45.2 Å². The monoisotopic (exact) mass is 213 g/mol. The predicted molar refractivity (Wildman–Crippen MR) is 55.1 cm³/mol. The van der Waals surface area contributed by atoms with Crippen LogP contribution in [0.5, 0.6) is 0 Å². The molecule has 0 saturated heterocycles. The maximum atomic E-state index is 11.5. The molecule has 76 valence electrons. The van der Waals surface area contributed by atoms with Gasteiger partial charge in [-0.15, -0.1) is 0 Å². The average Bonchev–Trinajstić information content (AvgIpc) is 2.00. The Bertz CT molecular complexity index is 332. The number of carbonyl (C=O) groups is 1. The van der Waals surface area contributed by atoms with Crippen LogP contribution in [0.1, 0.15) is 16.1 Å². The number of rotatable bonds is 2. The Morgan fingerprint density at radius 3 is 2.64 bits per heavy atom. The van der Waals surface area contributed by atoms with Crippen molar-refractivity contribution in [2.45, 2.75) is 6.92 Å². The van der Waals surface area contributed by atoms with Gasteiger partial charge in [-0.25, -0.2) is 9.99 Å². The maximum absolute atomic E-state index is 11.5. The number of pyridine rings is 1. The van der Waals surface area contributed by atoms with E-state index in [1.807, 2.05) is 0 Å². The molecular weight excluding hydrogens is 202 g/mol. The Hall–Kier alpha value is -1.13. The van der Waals surface area contributed by atoms with Gasteiger partial charge in [-0.3, -0.25) is 10.2 Å². The van der Waals surface area contributed by atoms with E-state index in [2.05, 4.69) is 10.4 Å². The van der Waals surface area contributed by atoms with Crippen LogP contribution in [0.15, 0.2) is 12.1 Å². The van der Waals surface area contributed by atoms with Crippen LogP contribution in [0.2, 0.25) is 5.15 Å². The Morgan fingerprint density at radius 1 is 1.50 bits per heavy atom. The zero-order valence-corrected chi connectivity index (χ0v) is 9.09. The Labute approximate surface area is 87.9 Å². The van der Waals surface area contributed by atoms with Crippen molar-refractivity contribution in [2.75, 3.05) is 14.1 Å². The minimum Gasteiger partial charge on any atom is -0.285 e. The van der Waals surface area contributed by atoms with Gasteiger partial charge in [0.05, 0.1) is 0 Å². The molecule has 4 nitrogen and oxygen atoms in total. The van der Waals surface area contributed by atoms with Gasteiger partial charge in [0.2, 0.25) is 0 Å². The number of hydrogen-bond acceptors (Lipinski definition) is 3. The first kappa shape index (κ1) is 10.9. The van der Waals surface area contributed by atoms with Crippen molar-refractivity contribution in [1.82, 2.24) is 15.4 Å². The number of aryl methyl sites for hydroxylation is 1. The normalized spacial score (nSPS) is 10.4. The fourth-order valence-corrected chi connectivity index (χ4v) is 1.28. The molecule has 0 aliphatic rings. The number of nitrogens with zero attached hydrogens (tertiary/aromatic N) is 2. The molecular formula is C9H12ClN3O. The Balaban J connectivity index is 2.90. The van der Waals surface area contributed by atoms with E-state index in [1.54, 1.807) is 32.1 Å². The van der Waals surface area contributed by atoms with E-state index >= 15 is 0 Å². The number of carbonyl (C=O) groups excluding carboxylic acids is 1. The first-order valence-corrected chi connectivity index (χ1v) is 4.49. The zero-order valence-electron chi connectivity index (χ0n) is 8.34. The third-order valence-electron chi connectivity index (χ3n) is 1.51. The molecule has 0 bridgehead atoms. The first-order chi connectivity index (χ1) is 6.49. The van der Waals surface area contributed by atoms with Gasteiger partial charge in [0, 0.05) is 25.4 Å². The van der Waals surface area contributed by atoms with E-state index in [4.69, 9.17) is 11.6 Å². The van der Waals surface area contributed by atoms with Crippen molar-refractivity contribution in [3.05, 3.63) is 28.5 Å². The molecule has 0 spiro atoms. The molecule has 1 rings (SSSR count). The van der Waals surface area contributed by atoms with Crippen molar-refractivity contribution < 1.29 is 4.79 Å². The van der Waals surface area contributed by atoms with Crippen molar-refractivity contribution in [3.8, 4) is 0 Å². The summed E-state index contributed by atoms with van der Waals surface area (Å²) < 4.78 is 0. The molecule has 1 aromatic heterocycles. The highest BCUT2D eigenvalue weighted by molar-refractivity contribution is 6.29. The van der Waals surface area contributed by atoms with Crippen LogP contribution in [0, 0.1) is 6.92 Å². The van der Waals surface area contributed by atoms with Gasteiger partial charge < -0.3 is 0 Å². The summed E-state index contributed by atoms with van der Waals surface area (Å²) >= 11 is 5.73. The smallest absolute Gasteiger partial charge is 0.265 e. The molecule has 14 heavy (non-hydrogen) atoms. The van der Waals surface area contributed by atoms with Crippen molar-refractivity contribution in [1.29, 1.82) is 0 Å². The second-order valence-electron chi connectivity index (χ2n) is 3.16. The highest BCUT2D eigenvalue weighted by Gasteiger charge is 2.07. The largest absolute Gasteiger partial charge is 0.285 e. The van der Waals surface area contributed by atoms with E-state index < -0.39 is 0 Å². The average molecular weight is 214 g/mol. The van der Waals surface area contributed by atoms with Gasteiger partial charge >= 0.3 is 0 Å². The van der Waals surface area contributed by atoms with E-state index in [0.717, 1.165) is 5.69 Å². The van der Waals surface area contributed by atoms with Crippen molar-refractivity contribution >= 4 is 17.5 Å². The molecule has 1 aromatic rings. The van der Waals surface area contributed by atoms with Crippen molar-refractivity contribution in [2.24, 2.45) is 0 Å². The lowest BCUT2D eigenvalue weighted by Gasteiger charge is -2.11. The molecule has 1 heterocycles. The van der Waals surface area contributed by atoms with E-state index in [1.165, 1.54) is 6.07 Å². The number of nitrogens with one attached hydrogen (secondary N) is 1. The Kier molecular flexibility index (Phi) is 3.43. The van der Waals surface area contributed by atoms with Gasteiger partial charge in [-0.05, 0) is 19.1 Å². The number of hydrazine groups is 1. The molecule has 0 fully saturated rings. The summed E-state index contributed by atoms with van der Waals surface area (Å²) in [4.78, 5) is 15.5. The molecule has 0 unspecified atom stereocenters. The van der Waals surface area contributed by atoms with Gasteiger partial charge in [-0.2, -0.15) is 0 Å². The Morgan fingerprint density at radius 2 is 2.14 bits per heavy atom. The lowest BCUT2D eigenvalue weighted by molar-refractivity contribution is 0.0856. The van der Waals surface area contributed by atoms with Crippen LogP contribution in [-0.4, -0.2) is 30.0 Å². The minimum atomic E-state index is -0.192. The lowest BCUT2D eigenvalue weighted by atomic mass is 10.2. The minimum absolute atomic E-state index is 0.192. The molecule has 1 N–H and O–H groups in total. The van der Waals surface area contributed by atoms with Crippen molar-refractivity contribution in [3.63, 3.8) is 0 Å². The molecule has 0 atom stereocenters. The number of hydrogen-bond donors (Lipinski definition) is 1. The van der Waals surface area contributed by atoms with Crippen LogP contribution in [0.4, 0.5) is 0 Å². The molecule has 5 heteroatoms. The van der Waals surface area contributed by atoms with Crippen LogP contribution in [-0.2, 0) is 0 Å². The molecule has 0 radical (unpaired) electrons.